The van der Waals surface area contributed by atoms with Gasteiger partial charge in [0, 0.05) is 30.7 Å². The molecule has 1 saturated heterocycles. The van der Waals surface area contributed by atoms with Gasteiger partial charge in [0.1, 0.15) is 0 Å². The van der Waals surface area contributed by atoms with Crippen molar-refractivity contribution >= 4 is 11.8 Å². The number of carbonyl (C=O) groups is 2. The molecule has 0 spiro atoms. The lowest BCUT2D eigenvalue weighted by Gasteiger charge is -2.34. The third-order valence-corrected chi connectivity index (χ3v) is 4.07. The largest absolute Gasteiger partial charge is 0.350 e. The summed E-state index contributed by atoms with van der Waals surface area (Å²) in [5.41, 5.74) is 5.91. The van der Waals surface area contributed by atoms with Gasteiger partial charge >= 0.3 is 0 Å². The third kappa shape index (κ3) is 4.07. The summed E-state index contributed by atoms with van der Waals surface area (Å²) in [7, 11) is 0. The van der Waals surface area contributed by atoms with E-state index >= 15 is 0 Å². The van der Waals surface area contributed by atoms with Crippen LogP contribution in [0.5, 0.6) is 0 Å². The van der Waals surface area contributed by atoms with E-state index in [0.717, 1.165) is 12.8 Å². The Kier molecular flexibility index (Phi) is 5.19. The fourth-order valence-electron chi connectivity index (χ4n) is 2.63. The van der Waals surface area contributed by atoms with Gasteiger partial charge in [-0.1, -0.05) is 18.2 Å². The van der Waals surface area contributed by atoms with Crippen LogP contribution in [0.25, 0.3) is 0 Å². The van der Waals surface area contributed by atoms with Crippen LogP contribution in [0.4, 0.5) is 0 Å². The molecule has 2 rings (SSSR count). The third-order valence-electron chi connectivity index (χ3n) is 4.07. The minimum Gasteiger partial charge on any atom is -0.350 e. The summed E-state index contributed by atoms with van der Waals surface area (Å²) in [6, 6.07) is 9.21. The molecule has 1 aliphatic heterocycles. The van der Waals surface area contributed by atoms with Crippen LogP contribution in [0, 0.1) is 5.92 Å². The summed E-state index contributed by atoms with van der Waals surface area (Å²) < 4.78 is 0. The molecule has 1 heterocycles. The number of likely N-dealkylation sites (tertiary alicyclic amines) is 1. The Balaban J connectivity index is 2.00. The highest BCUT2D eigenvalue weighted by Gasteiger charge is 2.31. The lowest BCUT2D eigenvalue weighted by atomic mass is 9.94. The molecular formula is C17H25N3O2. The normalized spacial score (nSPS) is 18.9. The highest BCUT2D eigenvalue weighted by Crippen LogP contribution is 2.19. The Morgan fingerprint density at radius 1 is 1.32 bits per heavy atom. The van der Waals surface area contributed by atoms with Crippen LogP contribution in [0.2, 0.25) is 0 Å². The fourth-order valence-corrected chi connectivity index (χ4v) is 2.63. The number of hydrogen-bond donors (Lipinski definition) is 2. The first-order valence-corrected chi connectivity index (χ1v) is 7.79. The first kappa shape index (κ1) is 16.5. The lowest BCUT2D eigenvalue weighted by molar-refractivity contribution is -0.127. The van der Waals surface area contributed by atoms with E-state index in [2.05, 4.69) is 5.32 Å². The van der Waals surface area contributed by atoms with E-state index < -0.39 is 5.54 Å². The minimum absolute atomic E-state index is 0.00353. The number of hydrogen-bond acceptors (Lipinski definition) is 3. The van der Waals surface area contributed by atoms with Gasteiger partial charge in [-0.15, -0.1) is 0 Å². The van der Waals surface area contributed by atoms with Crippen molar-refractivity contribution in [2.75, 3.05) is 19.6 Å². The number of piperidine rings is 1. The smallest absolute Gasteiger partial charge is 0.253 e. The molecule has 1 unspecified atom stereocenters. The van der Waals surface area contributed by atoms with E-state index in [1.54, 1.807) is 4.90 Å². The van der Waals surface area contributed by atoms with Crippen molar-refractivity contribution in [3.63, 3.8) is 0 Å². The molecule has 5 heteroatoms. The van der Waals surface area contributed by atoms with Gasteiger partial charge in [0.25, 0.3) is 5.91 Å². The van der Waals surface area contributed by atoms with Gasteiger partial charge in [-0.3, -0.25) is 9.59 Å². The molecule has 0 saturated carbocycles. The first-order chi connectivity index (χ1) is 10.4. The molecule has 0 aromatic heterocycles. The van der Waals surface area contributed by atoms with Crippen LogP contribution in [0.1, 0.15) is 37.0 Å². The first-order valence-electron chi connectivity index (χ1n) is 7.79. The van der Waals surface area contributed by atoms with Crippen LogP contribution >= 0.6 is 0 Å². The summed E-state index contributed by atoms with van der Waals surface area (Å²) in [6.07, 6.45) is 1.66. The van der Waals surface area contributed by atoms with Gasteiger partial charge in [-0.2, -0.15) is 0 Å². The van der Waals surface area contributed by atoms with Crippen LogP contribution < -0.4 is 11.1 Å². The summed E-state index contributed by atoms with van der Waals surface area (Å²) in [4.78, 5) is 26.6. The highest BCUT2D eigenvalue weighted by molar-refractivity contribution is 5.94. The molecule has 0 aliphatic carbocycles. The SMILES string of the molecule is CC(C)(CN)NC(=O)C1CCCN(C(=O)c2ccccc2)C1. The summed E-state index contributed by atoms with van der Waals surface area (Å²) in [6.45, 7) is 5.37. The Labute approximate surface area is 131 Å². The van der Waals surface area contributed by atoms with Crippen molar-refractivity contribution in [1.29, 1.82) is 0 Å². The monoisotopic (exact) mass is 303 g/mol. The number of nitrogens with zero attached hydrogens (tertiary/aromatic N) is 1. The Hall–Kier alpha value is -1.88. The van der Waals surface area contributed by atoms with Crippen LogP contribution in [0.3, 0.4) is 0 Å². The van der Waals surface area contributed by atoms with Crippen LogP contribution in [-0.2, 0) is 4.79 Å². The number of amides is 2. The van der Waals surface area contributed by atoms with Crippen molar-refractivity contribution < 1.29 is 9.59 Å². The number of rotatable bonds is 4. The van der Waals surface area contributed by atoms with E-state index in [1.165, 1.54) is 0 Å². The molecule has 0 radical (unpaired) electrons. The zero-order valence-electron chi connectivity index (χ0n) is 13.3. The van der Waals surface area contributed by atoms with Crippen LogP contribution in [-0.4, -0.2) is 41.9 Å². The molecule has 1 fully saturated rings. The molecule has 3 N–H and O–H groups in total. The zero-order valence-corrected chi connectivity index (χ0v) is 13.3. The maximum absolute atomic E-state index is 12.5. The van der Waals surface area contributed by atoms with E-state index in [1.807, 2.05) is 44.2 Å². The molecule has 0 bridgehead atoms. The molecule has 1 aliphatic rings. The average molecular weight is 303 g/mol. The van der Waals surface area contributed by atoms with E-state index in [-0.39, 0.29) is 17.7 Å². The summed E-state index contributed by atoms with van der Waals surface area (Å²) in [5, 5.41) is 2.97. The second-order valence-electron chi connectivity index (χ2n) is 6.53. The van der Waals surface area contributed by atoms with E-state index in [9.17, 15) is 9.59 Å². The van der Waals surface area contributed by atoms with Crippen LogP contribution in [0.15, 0.2) is 30.3 Å². The molecule has 1 atom stereocenters. The van der Waals surface area contributed by atoms with Gasteiger partial charge < -0.3 is 16.0 Å². The van der Waals surface area contributed by atoms with Gasteiger partial charge in [-0.05, 0) is 38.8 Å². The fraction of sp³-hybridized carbons (Fsp3) is 0.529. The molecule has 1 aromatic rings. The Bertz CT molecular complexity index is 528. The second-order valence-corrected chi connectivity index (χ2v) is 6.53. The predicted molar refractivity (Wildman–Crippen MR) is 86.3 cm³/mol. The van der Waals surface area contributed by atoms with Crippen molar-refractivity contribution in [2.45, 2.75) is 32.2 Å². The maximum atomic E-state index is 12.5. The van der Waals surface area contributed by atoms with Crippen molar-refractivity contribution in [1.82, 2.24) is 10.2 Å². The number of carbonyl (C=O) groups excluding carboxylic acids is 2. The topological polar surface area (TPSA) is 75.4 Å². The van der Waals surface area contributed by atoms with E-state index in [4.69, 9.17) is 5.73 Å². The lowest BCUT2D eigenvalue weighted by Crippen LogP contribution is -2.53. The molecule has 1 aromatic carbocycles. The van der Waals surface area contributed by atoms with E-state index in [0.29, 0.717) is 25.2 Å². The number of nitrogens with one attached hydrogen (secondary N) is 1. The Morgan fingerprint density at radius 3 is 2.64 bits per heavy atom. The quantitative estimate of drug-likeness (QED) is 0.882. The van der Waals surface area contributed by atoms with Gasteiger partial charge in [0.2, 0.25) is 5.91 Å². The van der Waals surface area contributed by atoms with Gasteiger partial charge in [0.05, 0.1) is 5.92 Å². The van der Waals surface area contributed by atoms with Crippen molar-refractivity contribution in [3.8, 4) is 0 Å². The maximum Gasteiger partial charge on any atom is 0.253 e. The van der Waals surface area contributed by atoms with Crippen molar-refractivity contribution in [3.05, 3.63) is 35.9 Å². The second kappa shape index (κ2) is 6.92. The molecule has 5 nitrogen and oxygen atoms in total. The summed E-state index contributed by atoms with van der Waals surface area (Å²) in [5.74, 6) is -0.176. The number of nitrogens with two attached hydrogens (primary N) is 1. The van der Waals surface area contributed by atoms with Gasteiger partial charge in [0.15, 0.2) is 0 Å². The predicted octanol–water partition coefficient (Wildman–Crippen LogP) is 1.39. The molecule has 2 amide bonds. The minimum atomic E-state index is -0.414. The van der Waals surface area contributed by atoms with Crippen molar-refractivity contribution in [2.24, 2.45) is 11.7 Å². The molecule has 120 valence electrons. The standard InChI is InChI=1S/C17H25N3O2/c1-17(2,12-18)19-15(21)14-9-6-10-20(11-14)16(22)13-7-4-3-5-8-13/h3-5,7-8,14H,6,9-12,18H2,1-2H3,(H,19,21). The zero-order chi connectivity index (χ0) is 16.2. The number of benzene rings is 1. The molecule has 22 heavy (non-hydrogen) atoms. The summed E-state index contributed by atoms with van der Waals surface area (Å²) >= 11 is 0. The molecular weight excluding hydrogens is 278 g/mol. The highest BCUT2D eigenvalue weighted by atomic mass is 16.2. The van der Waals surface area contributed by atoms with Gasteiger partial charge in [-0.25, -0.2) is 0 Å². The average Bonchev–Trinajstić information content (AvgIpc) is 2.54. The Morgan fingerprint density at radius 2 is 2.00 bits per heavy atom.